The number of likely N-dealkylation sites (tertiary alicyclic amines) is 1. The third kappa shape index (κ3) is 5.47. The Morgan fingerprint density at radius 3 is 2.15 bits per heavy atom. The van der Waals surface area contributed by atoms with Gasteiger partial charge in [0.25, 0.3) is 0 Å². The van der Waals surface area contributed by atoms with E-state index in [1.165, 1.54) is 6.42 Å². The average Bonchev–Trinajstić information content (AvgIpc) is 2.69. The summed E-state index contributed by atoms with van der Waals surface area (Å²) in [4.78, 5) is 27.3. The molecule has 1 N–H and O–H groups in total. The Balaban J connectivity index is 1.46. The Morgan fingerprint density at radius 1 is 0.963 bits per heavy atom. The molecule has 27 heavy (non-hydrogen) atoms. The van der Waals surface area contributed by atoms with Crippen LogP contribution in [0.1, 0.15) is 58.8 Å². The number of hydrogen-bond donors (Lipinski definition) is 1. The molecule has 1 aromatic rings. The number of ether oxygens (including phenoxy) is 1. The smallest absolute Gasteiger partial charge is 0.227 e. The number of benzene rings is 1. The highest BCUT2D eigenvalue weighted by atomic mass is 16.5. The lowest BCUT2D eigenvalue weighted by atomic mass is 9.80. The van der Waals surface area contributed by atoms with Crippen LogP contribution in [0.15, 0.2) is 24.3 Å². The molecule has 2 aliphatic rings. The molecule has 0 atom stereocenters. The third-order valence-electron chi connectivity index (χ3n) is 5.61. The fraction of sp³-hybridized carbons (Fsp3) is 0.636. The fourth-order valence-electron chi connectivity index (χ4n) is 4.11. The van der Waals surface area contributed by atoms with Crippen molar-refractivity contribution in [3.8, 4) is 5.75 Å². The van der Waals surface area contributed by atoms with Crippen LogP contribution in [0.25, 0.3) is 0 Å². The summed E-state index contributed by atoms with van der Waals surface area (Å²) in [6.45, 7) is 5.80. The van der Waals surface area contributed by atoms with Gasteiger partial charge in [-0.05, 0) is 83.1 Å². The van der Waals surface area contributed by atoms with Crippen LogP contribution in [0.5, 0.6) is 5.75 Å². The SMILES string of the molecule is CC(C)Oc1ccc(NC(=O)C2CCC(C(=O)N3CCCCC3)CC2)cc1. The standard InChI is InChI=1S/C22H32N2O3/c1-16(2)27-20-12-10-19(11-13-20)23-21(25)17-6-8-18(9-7-17)22(26)24-14-4-3-5-15-24/h10-13,16-18H,3-9,14-15H2,1-2H3,(H,23,25). The lowest BCUT2D eigenvalue weighted by Gasteiger charge is -2.33. The van der Waals surface area contributed by atoms with E-state index in [2.05, 4.69) is 5.32 Å². The van der Waals surface area contributed by atoms with Crippen molar-refractivity contribution in [3.63, 3.8) is 0 Å². The second kappa shape index (κ2) is 9.25. The van der Waals surface area contributed by atoms with Crippen LogP contribution < -0.4 is 10.1 Å². The number of nitrogens with zero attached hydrogens (tertiary/aromatic N) is 1. The van der Waals surface area contributed by atoms with E-state index in [1.54, 1.807) is 0 Å². The van der Waals surface area contributed by atoms with Crippen molar-refractivity contribution < 1.29 is 14.3 Å². The van der Waals surface area contributed by atoms with E-state index in [-0.39, 0.29) is 23.8 Å². The van der Waals surface area contributed by atoms with E-state index >= 15 is 0 Å². The maximum absolute atomic E-state index is 12.6. The highest BCUT2D eigenvalue weighted by Gasteiger charge is 2.32. The van der Waals surface area contributed by atoms with Crippen LogP contribution in [0.4, 0.5) is 5.69 Å². The molecule has 2 fully saturated rings. The lowest BCUT2D eigenvalue weighted by molar-refractivity contribution is -0.138. The summed E-state index contributed by atoms with van der Waals surface area (Å²) in [7, 11) is 0. The summed E-state index contributed by atoms with van der Waals surface area (Å²) in [5.41, 5.74) is 0.794. The second-order valence-electron chi connectivity index (χ2n) is 8.11. The number of anilines is 1. The van der Waals surface area contributed by atoms with Crippen molar-refractivity contribution in [2.45, 2.75) is 64.9 Å². The zero-order chi connectivity index (χ0) is 19.2. The number of amides is 2. The molecule has 1 aromatic carbocycles. The molecule has 5 heteroatoms. The minimum Gasteiger partial charge on any atom is -0.491 e. The molecule has 0 bridgehead atoms. The molecule has 1 saturated heterocycles. The van der Waals surface area contributed by atoms with E-state index in [1.807, 2.05) is 43.0 Å². The number of nitrogens with one attached hydrogen (secondary N) is 1. The number of hydrogen-bond acceptors (Lipinski definition) is 3. The minimum atomic E-state index is 0.00185. The predicted octanol–water partition coefficient (Wildman–Crippen LogP) is 4.23. The van der Waals surface area contributed by atoms with Gasteiger partial charge in [0, 0.05) is 30.6 Å². The van der Waals surface area contributed by atoms with Crippen molar-refractivity contribution in [2.24, 2.45) is 11.8 Å². The molecule has 1 aliphatic heterocycles. The Hall–Kier alpha value is -2.04. The van der Waals surface area contributed by atoms with Gasteiger partial charge >= 0.3 is 0 Å². The monoisotopic (exact) mass is 372 g/mol. The number of piperidine rings is 1. The van der Waals surface area contributed by atoms with Gasteiger partial charge in [-0.1, -0.05) is 0 Å². The first-order valence-electron chi connectivity index (χ1n) is 10.4. The third-order valence-corrected chi connectivity index (χ3v) is 5.61. The minimum absolute atomic E-state index is 0.00185. The van der Waals surface area contributed by atoms with E-state index < -0.39 is 0 Å². The first kappa shape index (κ1) is 19.7. The lowest BCUT2D eigenvalue weighted by Crippen LogP contribution is -2.41. The largest absolute Gasteiger partial charge is 0.491 e. The number of rotatable bonds is 5. The van der Waals surface area contributed by atoms with Crippen molar-refractivity contribution in [1.29, 1.82) is 0 Å². The van der Waals surface area contributed by atoms with Crippen LogP contribution in [0, 0.1) is 11.8 Å². The maximum atomic E-state index is 12.6. The first-order chi connectivity index (χ1) is 13.0. The molecule has 2 amide bonds. The quantitative estimate of drug-likeness (QED) is 0.841. The number of carbonyl (C=O) groups is 2. The molecule has 148 valence electrons. The molecule has 0 spiro atoms. The normalized spacial score (nSPS) is 23.1. The molecule has 5 nitrogen and oxygen atoms in total. The van der Waals surface area contributed by atoms with Crippen LogP contribution in [-0.2, 0) is 9.59 Å². The van der Waals surface area contributed by atoms with Gasteiger partial charge in [-0.15, -0.1) is 0 Å². The first-order valence-corrected chi connectivity index (χ1v) is 10.4. The summed E-state index contributed by atoms with van der Waals surface area (Å²) >= 11 is 0. The van der Waals surface area contributed by atoms with Gasteiger partial charge in [-0.3, -0.25) is 9.59 Å². The summed E-state index contributed by atoms with van der Waals surface area (Å²) in [5.74, 6) is 1.30. The Bertz CT molecular complexity index is 627. The van der Waals surface area contributed by atoms with Gasteiger partial charge in [-0.25, -0.2) is 0 Å². The van der Waals surface area contributed by atoms with Gasteiger partial charge in [0.2, 0.25) is 11.8 Å². The molecule has 0 aromatic heterocycles. The molecule has 3 rings (SSSR count). The molecule has 0 unspecified atom stereocenters. The van der Waals surface area contributed by atoms with Crippen LogP contribution in [-0.4, -0.2) is 35.9 Å². The van der Waals surface area contributed by atoms with Gasteiger partial charge < -0.3 is 15.0 Å². The maximum Gasteiger partial charge on any atom is 0.227 e. The average molecular weight is 373 g/mol. The zero-order valence-corrected chi connectivity index (χ0v) is 16.6. The van der Waals surface area contributed by atoms with E-state index in [0.29, 0.717) is 5.91 Å². The summed E-state index contributed by atoms with van der Waals surface area (Å²) in [5, 5.41) is 3.01. The van der Waals surface area contributed by atoms with Crippen molar-refractivity contribution in [3.05, 3.63) is 24.3 Å². The predicted molar refractivity (Wildman–Crippen MR) is 107 cm³/mol. The van der Waals surface area contributed by atoms with Crippen molar-refractivity contribution in [1.82, 2.24) is 4.90 Å². The molecule has 1 saturated carbocycles. The van der Waals surface area contributed by atoms with Crippen molar-refractivity contribution >= 4 is 17.5 Å². The molecule has 1 heterocycles. The molecule has 0 radical (unpaired) electrons. The van der Waals surface area contributed by atoms with Crippen LogP contribution in [0.3, 0.4) is 0 Å². The van der Waals surface area contributed by atoms with E-state index in [4.69, 9.17) is 4.74 Å². The molecular formula is C22H32N2O3. The number of carbonyl (C=O) groups excluding carboxylic acids is 2. The summed E-state index contributed by atoms with van der Waals surface area (Å²) in [6.07, 6.45) is 6.88. The molecule has 1 aliphatic carbocycles. The Morgan fingerprint density at radius 2 is 1.56 bits per heavy atom. The topological polar surface area (TPSA) is 58.6 Å². The van der Waals surface area contributed by atoms with E-state index in [0.717, 1.165) is 63.1 Å². The summed E-state index contributed by atoms with van der Waals surface area (Å²) in [6, 6.07) is 7.51. The van der Waals surface area contributed by atoms with Gasteiger partial charge in [0.1, 0.15) is 5.75 Å². The van der Waals surface area contributed by atoms with Crippen LogP contribution >= 0.6 is 0 Å². The Kier molecular flexibility index (Phi) is 6.75. The molecular weight excluding hydrogens is 340 g/mol. The van der Waals surface area contributed by atoms with Gasteiger partial charge in [0.05, 0.1) is 6.10 Å². The van der Waals surface area contributed by atoms with Gasteiger partial charge in [-0.2, -0.15) is 0 Å². The van der Waals surface area contributed by atoms with Crippen LogP contribution in [0.2, 0.25) is 0 Å². The van der Waals surface area contributed by atoms with Gasteiger partial charge in [0.15, 0.2) is 0 Å². The van der Waals surface area contributed by atoms with E-state index in [9.17, 15) is 9.59 Å². The Labute approximate surface area is 162 Å². The second-order valence-corrected chi connectivity index (χ2v) is 8.11. The highest BCUT2D eigenvalue weighted by molar-refractivity contribution is 5.92. The fourth-order valence-corrected chi connectivity index (χ4v) is 4.11. The van der Waals surface area contributed by atoms with Crippen molar-refractivity contribution in [2.75, 3.05) is 18.4 Å². The zero-order valence-electron chi connectivity index (χ0n) is 16.6. The summed E-state index contributed by atoms with van der Waals surface area (Å²) < 4.78 is 5.63. The highest BCUT2D eigenvalue weighted by Crippen LogP contribution is 2.31.